The third kappa shape index (κ3) is 9.19. The summed E-state index contributed by atoms with van der Waals surface area (Å²) in [6, 6.07) is 0. The van der Waals surface area contributed by atoms with E-state index >= 15 is 0 Å². The molecule has 0 aromatic carbocycles. The second-order valence-electron chi connectivity index (χ2n) is 8.64. The van der Waals surface area contributed by atoms with Crippen LogP contribution in [0.3, 0.4) is 0 Å². The molecule has 1 aliphatic heterocycles. The largest absolute Gasteiger partial charge is 0.669 e. The summed E-state index contributed by atoms with van der Waals surface area (Å²) in [5.74, 6) is 0. The van der Waals surface area contributed by atoms with Crippen molar-refractivity contribution in [1.82, 2.24) is 0 Å². The van der Waals surface area contributed by atoms with Crippen molar-refractivity contribution in [2.45, 2.75) is 85.5 Å². The molecule has 0 radical (unpaired) electrons. The maximum Gasteiger partial charge on any atom is 0.669 e. The van der Waals surface area contributed by atoms with E-state index in [0.29, 0.717) is 13.2 Å². The molecule has 0 aliphatic carbocycles. The minimum absolute atomic E-state index is 0.503. The Hall–Kier alpha value is 0.0418. The lowest BCUT2D eigenvalue weighted by molar-refractivity contribution is -0.124. The Bertz CT molecular complexity index is 325. The van der Waals surface area contributed by atoms with Crippen LogP contribution in [0.5, 0.6) is 0 Å². The lowest BCUT2D eigenvalue weighted by Gasteiger charge is -2.42. The molecule has 1 aliphatic rings. The van der Waals surface area contributed by atoms with E-state index in [1.165, 1.54) is 0 Å². The summed E-state index contributed by atoms with van der Waals surface area (Å²) in [6.07, 6.45) is 0.842. The molecule has 23 heavy (non-hydrogen) atoms. The summed E-state index contributed by atoms with van der Waals surface area (Å²) in [5, 5.41) is 0. The smallest absolute Gasteiger partial charge is 0.386 e. The molecule has 0 aromatic rings. The molecule has 6 nitrogen and oxygen atoms in total. The number of hydrogen-bond donors (Lipinski definition) is 0. The molecule has 1 rings (SSSR count). The van der Waals surface area contributed by atoms with E-state index in [0.717, 1.165) is 6.42 Å². The summed E-state index contributed by atoms with van der Waals surface area (Å²) < 4.78 is 35.7. The van der Waals surface area contributed by atoms with Crippen LogP contribution in [0.25, 0.3) is 0 Å². The van der Waals surface area contributed by atoms with Crippen LogP contribution >= 0.6 is 0 Å². The average Bonchev–Trinajstić information content (AvgIpc) is 2.21. The van der Waals surface area contributed by atoms with Crippen LogP contribution in [0.4, 0.5) is 0 Å². The van der Waals surface area contributed by atoms with Gasteiger partial charge >= 0.3 is 16.4 Å². The Labute approximate surface area is 142 Å². The van der Waals surface area contributed by atoms with Gasteiger partial charge in [-0.25, -0.2) is 0 Å². The van der Waals surface area contributed by atoms with Gasteiger partial charge in [0.05, 0.1) is 16.8 Å². The van der Waals surface area contributed by atoms with Crippen molar-refractivity contribution in [3.05, 3.63) is 0 Å². The quantitative estimate of drug-likeness (QED) is 0.711. The minimum Gasteiger partial charge on any atom is -0.386 e. The predicted molar refractivity (Wildman–Crippen MR) is 91.6 cm³/mol. The molecule has 1 fully saturated rings. The second kappa shape index (κ2) is 7.51. The Morgan fingerprint density at radius 2 is 1.04 bits per heavy atom. The normalized spacial score (nSPS) is 18.4. The summed E-state index contributed by atoms with van der Waals surface area (Å²) in [5.41, 5.74) is -1.51. The zero-order valence-electron chi connectivity index (χ0n) is 16.1. The topological polar surface area (TPSA) is 55.4 Å². The number of hydrogen-bond acceptors (Lipinski definition) is 6. The average molecular weight is 348 g/mol. The van der Waals surface area contributed by atoms with Crippen molar-refractivity contribution < 1.29 is 26.9 Å². The summed E-state index contributed by atoms with van der Waals surface area (Å²) in [6.45, 7) is 18.6. The molecule has 0 atom stereocenters. The molecule has 0 bridgehead atoms. The summed E-state index contributed by atoms with van der Waals surface area (Å²) >= 11 is 0. The van der Waals surface area contributed by atoms with Gasteiger partial charge in [-0.1, -0.05) is 0 Å². The van der Waals surface area contributed by atoms with Crippen molar-refractivity contribution in [3.8, 4) is 0 Å². The highest BCUT2D eigenvalue weighted by molar-refractivity contribution is 6.62. The van der Waals surface area contributed by atoms with Gasteiger partial charge in [0.15, 0.2) is 0 Å². The van der Waals surface area contributed by atoms with Crippen molar-refractivity contribution in [3.63, 3.8) is 0 Å². The SMILES string of the molecule is CC(C)(C)O[Si](OB1OCCCO1)(OC(C)(C)C)OC(C)(C)C. The van der Waals surface area contributed by atoms with Gasteiger partial charge in [-0.2, -0.15) is 0 Å². The van der Waals surface area contributed by atoms with Gasteiger partial charge in [-0.15, -0.1) is 0 Å². The van der Waals surface area contributed by atoms with Gasteiger partial charge in [0.1, 0.15) is 0 Å². The molecule has 0 saturated carbocycles. The molecule has 0 N–H and O–H groups in total. The van der Waals surface area contributed by atoms with E-state index in [1.54, 1.807) is 0 Å². The van der Waals surface area contributed by atoms with Crippen LogP contribution in [0.1, 0.15) is 68.7 Å². The lowest BCUT2D eigenvalue weighted by Crippen LogP contribution is -2.62. The first kappa shape index (κ1) is 21.1. The maximum atomic E-state index is 6.19. The predicted octanol–water partition coefficient (Wildman–Crippen LogP) is 3.31. The third-order valence-corrected chi connectivity index (χ3v) is 5.40. The van der Waals surface area contributed by atoms with Crippen LogP contribution in [0.15, 0.2) is 0 Å². The van der Waals surface area contributed by atoms with Gasteiger partial charge in [0.25, 0.3) is 0 Å². The van der Waals surface area contributed by atoms with Crippen LogP contribution in [0.2, 0.25) is 0 Å². The van der Waals surface area contributed by atoms with Crippen molar-refractivity contribution in [1.29, 1.82) is 0 Å². The molecular formula is C15H33BO6Si. The van der Waals surface area contributed by atoms with Crippen LogP contribution < -0.4 is 0 Å². The zero-order chi connectivity index (χ0) is 17.9. The molecule has 0 amide bonds. The fourth-order valence-corrected chi connectivity index (χ4v) is 4.80. The van der Waals surface area contributed by atoms with Gasteiger partial charge in [-0.05, 0) is 68.7 Å². The first-order valence-corrected chi connectivity index (χ1v) is 9.85. The maximum absolute atomic E-state index is 6.19. The van der Waals surface area contributed by atoms with E-state index < -0.39 is 33.2 Å². The molecule has 0 spiro atoms. The van der Waals surface area contributed by atoms with E-state index in [9.17, 15) is 0 Å². The van der Waals surface area contributed by atoms with Crippen LogP contribution in [-0.2, 0) is 26.9 Å². The molecule has 0 aromatic heterocycles. The Morgan fingerprint density at radius 1 is 0.696 bits per heavy atom. The van der Waals surface area contributed by atoms with E-state index in [1.807, 2.05) is 62.3 Å². The highest BCUT2D eigenvalue weighted by Crippen LogP contribution is 2.30. The standard InChI is InChI=1S/C15H33BO6Si/c1-13(2,3)19-23(20-14(4,5)6,21-15(7,8)9)22-16-17-11-10-12-18-16/h10-12H2,1-9H3. The van der Waals surface area contributed by atoms with Gasteiger partial charge in [-0.3, -0.25) is 0 Å². The fraction of sp³-hybridized carbons (Fsp3) is 1.00. The molecule has 8 heteroatoms. The molecule has 136 valence electrons. The van der Waals surface area contributed by atoms with E-state index in [-0.39, 0.29) is 0 Å². The minimum atomic E-state index is -3.54. The van der Waals surface area contributed by atoms with Crippen LogP contribution in [-0.4, -0.2) is 46.4 Å². The van der Waals surface area contributed by atoms with E-state index in [2.05, 4.69) is 0 Å². The summed E-state index contributed by atoms with van der Waals surface area (Å²) in [7, 11) is -4.37. The third-order valence-electron chi connectivity index (χ3n) is 2.33. The molecule has 1 heterocycles. The highest BCUT2D eigenvalue weighted by atomic mass is 28.4. The lowest BCUT2D eigenvalue weighted by atomic mass is 10.2. The first-order chi connectivity index (χ1) is 10.2. The Kier molecular flexibility index (Phi) is 6.89. The zero-order valence-corrected chi connectivity index (χ0v) is 17.1. The second-order valence-corrected chi connectivity index (χ2v) is 10.5. The fourth-order valence-electron chi connectivity index (χ4n) is 1.91. The first-order valence-electron chi connectivity index (χ1n) is 8.21. The van der Waals surface area contributed by atoms with E-state index in [4.69, 9.17) is 26.9 Å². The molecule has 1 saturated heterocycles. The molecule has 0 unspecified atom stereocenters. The molecular weight excluding hydrogens is 315 g/mol. The Morgan fingerprint density at radius 3 is 1.35 bits per heavy atom. The van der Waals surface area contributed by atoms with Crippen molar-refractivity contribution in [2.75, 3.05) is 13.2 Å². The monoisotopic (exact) mass is 348 g/mol. The van der Waals surface area contributed by atoms with Crippen molar-refractivity contribution >= 4 is 16.4 Å². The summed E-state index contributed by atoms with van der Waals surface area (Å²) in [4.78, 5) is 0. The van der Waals surface area contributed by atoms with Gasteiger partial charge < -0.3 is 26.9 Å². The van der Waals surface area contributed by atoms with Crippen LogP contribution in [0, 0.1) is 0 Å². The van der Waals surface area contributed by atoms with Gasteiger partial charge in [0.2, 0.25) is 0 Å². The van der Waals surface area contributed by atoms with Crippen molar-refractivity contribution in [2.24, 2.45) is 0 Å². The number of rotatable bonds is 5. The van der Waals surface area contributed by atoms with Gasteiger partial charge in [0, 0.05) is 13.2 Å². The Balaban J connectivity index is 3.08. The highest BCUT2D eigenvalue weighted by Gasteiger charge is 2.57.